The number of nitrogens with zero attached hydrogens (tertiary/aromatic N) is 3. The predicted octanol–water partition coefficient (Wildman–Crippen LogP) is 12.1. The van der Waals surface area contributed by atoms with Crippen LogP contribution < -0.4 is 0 Å². The van der Waals surface area contributed by atoms with Crippen LogP contribution in [0.25, 0.3) is 0 Å². The van der Waals surface area contributed by atoms with Crippen molar-refractivity contribution in [2.24, 2.45) is 11.8 Å². The number of halogens is 4. The monoisotopic (exact) mass is 885 g/mol. The standard InChI is InChI=1S/C21H31N2.C7H6.C6H4Br.C5H4BrN.2ClH.Ru/c1-14-9-16(3)20(17(4)10-14)22-7-8-23(13-22)21-18(5)11-15(2)12-19(21)6;1-7-5-3-2-4-6-7;7-6-4-2-1-3-5-6;6-5-2-1-3-7-4-5;;;/h9,11,13,17,19H,7-8,10,12H2,1-6H3;1-6H;1-2,4-5H;1-4H;2*1H;/q-1;;-1;;;;+2/p-2/t17-,19+;;;;;;. The van der Waals surface area contributed by atoms with Gasteiger partial charge in [0.15, 0.2) is 0 Å². The Balaban J connectivity index is 0.000000204. The van der Waals surface area contributed by atoms with Crippen LogP contribution in [0, 0.1) is 24.6 Å². The van der Waals surface area contributed by atoms with Gasteiger partial charge in [-0.25, -0.2) is 0 Å². The third-order valence-electron chi connectivity index (χ3n) is 7.69. The molecule has 3 nitrogen and oxygen atoms in total. The molecule has 3 aromatic rings. The van der Waals surface area contributed by atoms with Crippen molar-refractivity contribution in [2.75, 3.05) is 13.1 Å². The quantitative estimate of drug-likeness (QED) is 0.193. The SMILES string of the molecule is Brc1c[c-]ccc1.Brc1cccnc1.CC1=CC(C)=C(N2[CH-]N(C3=C(C)C=C(C)C[C@@H]3C)CC2)[C@H](C)C1.[Cl][Ru]([Cl])=[CH]c1ccccc1. The Kier molecular flexibility index (Phi) is 17.4. The molecule has 47 heavy (non-hydrogen) atoms. The van der Waals surface area contributed by atoms with Crippen LogP contribution in [-0.4, -0.2) is 32.5 Å². The van der Waals surface area contributed by atoms with Gasteiger partial charge in [-0.15, -0.1) is 15.9 Å². The van der Waals surface area contributed by atoms with E-state index in [1.807, 2.05) is 71.3 Å². The minimum absolute atomic E-state index is 0.622. The maximum absolute atomic E-state index is 5.67. The molecule has 0 radical (unpaired) electrons. The summed E-state index contributed by atoms with van der Waals surface area (Å²) >= 11 is 4.91. The summed E-state index contributed by atoms with van der Waals surface area (Å²) in [7, 11) is 11.3. The number of hydrogen-bond acceptors (Lipinski definition) is 3. The Morgan fingerprint density at radius 1 is 0.809 bits per heavy atom. The minimum atomic E-state index is -1.61. The van der Waals surface area contributed by atoms with Crippen LogP contribution in [0.1, 0.15) is 59.9 Å². The van der Waals surface area contributed by atoms with Gasteiger partial charge in [-0.05, 0) is 103 Å². The molecule has 0 amide bonds. The maximum atomic E-state index is 5.67. The van der Waals surface area contributed by atoms with E-state index in [1.165, 1.54) is 46.5 Å². The molecule has 1 fully saturated rings. The molecule has 0 bridgehead atoms. The molecule has 8 heteroatoms. The summed E-state index contributed by atoms with van der Waals surface area (Å²) in [6.45, 7) is 18.4. The molecule has 0 N–H and O–H groups in total. The van der Waals surface area contributed by atoms with Crippen molar-refractivity contribution in [1.82, 2.24) is 14.8 Å². The molecular formula is C39H45Br2Cl2N3Ru-2. The number of pyridine rings is 1. The first-order valence-electron chi connectivity index (χ1n) is 15.6. The number of rotatable bonds is 3. The molecular weight excluding hydrogens is 842 g/mol. The summed E-state index contributed by atoms with van der Waals surface area (Å²) in [5.41, 5.74) is 10.1. The van der Waals surface area contributed by atoms with E-state index < -0.39 is 13.5 Å². The third-order valence-corrected chi connectivity index (χ3v) is 10.5. The molecule has 0 saturated carbocycles. The van der Waals surface area contributed by atoms with Crippen molar-refractivity contribution in [3.63, 3.8) is 0 Å². The third kappa shape index (κ3) is 13.9. The average molecular weight is 888 g/mol. The Morgan fingerprint density at radius 2 is 1.36 bits per heavy atom. The Labute approximate surface area is 313 Å². The van der Waals surface area contributed by atoms with Crippen LogP contribution in [0.2, 0.25) is 0 Å². The van der Waals surface area contributed by atoms with Crippen molar-refractivity contribution in [1.29, 1.82) is 0 Å². The van der Waals surface area contributed by atoms with Crippen LogP contribution >= 0.6 is 51.2 Å². The van der Waals surface area contributed by atoms with E-state index in [9.17, 15) is 0 Å². The van der Waals surface area contributed by atoms with E-state index >= 15 is 0 Å². The first-order chi connectivity index (χ1) is 22.4. The van der Waals surface area contributed by atoms with Gasteiger partial charge in [0, 0.05) is 30.0 Å². The Morgan fingerprint density at radius 3 is 1.72 bits per heavy atom. The molecule has 3 aliphatic rings. The van der Waals surface area contributed by atoms with Gasteiger partial charge in [-0.2, -0.15) is 37.0 Å². The zero-order chi connectivity index (χ0) is 34.3. The van der Waals surface area contributed by atoms with Crippen molar-refractivity contribution in [2.45, 2.75) is 54.4 Å². The second-order valence-electron chi connectivity index (χ2n) is 11.9. The van der Waals surface area contributed by atoms with Crippen molar-refractivity contribution in [3.05, 3.63) is 152 Å². The first-order valence-corrected chi connectivity index (χ1v) is 22.7. The summed E-state index contributed by atoms with van der Waals surface area (Å²) in [4.78, 5) is 8.84. The normalized spacial score (nSPS) is 19.2. The van der Waals surface area contributed by atoms with Crippen LogP contribution in [0.3, 0.4) is 0 Å². The molecule has 1 saturated heterocycles. The number of aromatic nitrogens is 1. The predicted molar refractivity (Wildman–Crippen MR) is 206 cm³/mol. The van der Waals surface area contributed by atoms with Gasteiger partial charge in [-0.1, -0.05) is 41.6 Å². The van der Waals surface area contributed by atoms with Crippen LogP contribution in [0.5, 0.6) is 0 Å². The van der Waals surface area contributed by atoms with Gasteiger partial charge in [0.1, 0.15) is 0 Å². The second-order valence-corrected chi connectivity index (χ2v) is 19.5. The van der Waals surface area contributed by atoms with E-state index in [4.69, 9.17) is 19.4 Å². The van der Waals surface area contributed by atoms with E-state index in [0.717, 1.165) is 27.6 Å². The first kappa shape index (κ1) is 39.6. The van der Waals surface area contributed by atoms with Crippen LogP contribution in [0.4, 0.5) is 0 Å². The molecule has 2 aliphatic carbocycles. The fourth-order valence-electron chi connectivity index (χ4n) is 6.15. The van der Waals surface area contributed by atoms with Gasteiger partial charge in [0.25, 0.3) is 0 Å². The molecule has 1 aromatic heterocycles. The second kappa shape index (κ2) is 20.6. The molecule has 0 unspecified atom stereocenters. The molecule has 2 atom stereocenters. The van der Waals surface area contributed by atoms with E-state index in [0.29, 0.717) is 11.8 Å². The van der Waals surface area contributed by atoms with Crippen molar-refractivity contribution in [3.8, 4) is 0 Å². The number of allylic oxidation sites excluding steroid dienone is 8. The average Bonchev–Trinajstić information content (AvgIpc) is 3.47. The fraction of sp³-hybridized carbons (Fsp3) is 0.308. The van der Waals surface area contributed by atoms with Gasteiger partial charge in [0.2, 0.25) is 0 Å². The van der Waals surface area contributed by atoms with Gasteiger partial charge in [0.05, 0.1) is 0 Å². The fourth-order valence-corrected chi connectivity index (χ4v) is 8.53. The van der Waals surface area contributed by atoms with Crippen molar-refractivity contribution < 1.29 is 13.5 Å². The van der Waals surface area contributed by atoms with E-state index in [1.54, 1.807) is 12.4 Å². The summed E-state index contributed by atoms with van der Waals surface area (Å²) < 4.78 is 4.03. The van der Waals surface area contributed by atoms with Crippen LogP contribution in [0.15, 0.2) is 134 Å². The van der Waals surface area contributed by atoms with Crippen molar-refractivity contribution >= 4 is 55.9 Å². The molecule has 0 spiro atoms. The zero-order valence-corrected chi connectivity index (χ0v) is 34.4. The topological polar surface area (TPSA) is 19.4 Å². The molecule has 1 aliphatic heterocycles. The molecule has 2 aromatic carbocycles. The number of benzene rings is 2. The van der Waals surface area contributed by atoms with Gasteiger partial charge in [-0.3, -0.25) is 4.98 Å². The van der Waals surface area contributed by atoms with E-state index in [-0.39, 0.29) is 0 Å². The summed E-state index contributed by atoms with van der Waals surface area (Å²) in [6.07, 6.45) is 10.6. The van der Waals surface area contributed by atoms with Gasteiger partial charge < -0.3 is 9.80 Å². The Bertz CT molecular complexity index is 1480. The summed E-state index contributed by atoms with van der Waals surface area (Å²) in [5.74, 6) is 1.24. The number of hydrogen-bond donors (Lipinski definition) is 0. The Hall–Kier alpha value is -1.82. The zero-order valence-electron chi connectivity index (χ0n) is 28.0. The van der Waals surface area contributed by atoms with Crippen LogP contribution in [-0.2, 0) is 13.5 Å². The molecule has 6 rings (SSSR count). The molecule has 2 heterocycles. The van der Waals surface area contributed by atoms with E-state index in [2.05, 4.69) is 113 Å². The summed E-state index contributed by atoms with van der Waals surface area (Å²) in [5, 5.41) is 0. The van der Waals surface area contributed by atoms with Gasteiger partial charge >= 0.3 is 73.4 Å². The summed E-state index contributed by atoms with van der Waals surface area (Å²) in [6, 6.07) is 24.3. The molecule has 254 valence electrons.